The van der Waals surface area contributed by atoms with E-state index in [1.807, 2.05) is 49.4 Å². The number of imidazole rings is 1. The first-order valence-corrected chi connectivity index (χ1v) is 9.07. The van der Waals surface area contributed by atoms with Crippen molar-refractivity contribution in [2.45, 2.75) is 39.8 Å². The number of para-hydroxylation sites is 2. The van der Waals surface area contributed by atoms with Crippen LogP contribution in [0.2, 0.25) is 0 Å². The Hall–Kier alpha value is -2.82. The zero-order chi connectivity index (χ0) is 18.4. The molecular formula is C21H25N3O2. The molecule has 1 heterocycles. The lowest BCUT2D eigenvalue weighted by Crippen LogP contribution is -2.23. The number of aromatic nitrogens is 2. The summed E-state index contributed by atoms with van der Waals surface area (Å²) in [5, 5.41) is 2.92. The number of amides is 1. The summed E-state index contributed by atoms with van der Waals surface area (Å²) in [7, 11) is 0. The van der Waals surface area contributed by atoms with Gasteiger partial charge < -0.3 is 14.6 Å². The molecule has 0 unspecified atom stereocenters. The van der Waals surface area contributed by atoms with E-state index < -0.39 is 0 Å². The van der Waals surface area contributed by atoms with Gasteiger partial charge in [-0.3, -0.25) is 4.79 Å². The number of rotatable bonds is 8. The van der Waals surface area contributed by atoms with Crippen LogP contribution < -0.4 is 10.1 Å². The summed E-state index contributed by atoms with van der Waals surface area (Å²) in [6, 6.07) is 16.1. The summed E-state index contributed by atoms with van der Waals surface area (Å²) in [6.45, 7) is 5.79. The number of nitrogens with one attached hydrogen (secondary N) is 1. The van der Waals surface area contributed by atoms with Gasteiger partial charge in [-0.05, 0) is 37.6 Å². The van der Waals surface area contributed by atoms with Crippen molar-refractivity contribution in [2.24, 2.45) is 0 Å². The van der Waals surface area contributed by atoms with E-state index in [0.29, 0.717) is 19.6 Å². The standard InChI is InChI=1S/C21H25N3O2/c1-3-21(25)22-15-20-23-18-7-4-5-8-19(18)24(20)13-6-14-26-17-11-9-16(2)10-12-17/h4-5,7-12H,3,6,13-15H2,1-2H3,(H,22,25). The molecule has 0 bridgehead atoms. The van der Waals surface area contributed by atoms with Gasteiger partial charge in [0.1, 0.15) is 11.6 Å². The number of carbonyl (C=O) groups excluding carboxylic acids is 1. The van der Waals surface area contributed by atoms with E-state index in [1.54, 1.807) is 0 Å². The fraction of sp³-hybridized carbons (Fsp3) is 0.333. The van der Waals surface area contributed by atoms with Crippen molar-refractivity contribution >= 4 is 16.9 Å². The van der Waals surface area contributed by atoms with E-state index in [2.05, 4.69) is 27.9 Å². The van der Waals surface area contributed by atoms with Crippen LogP contribution in [0.1, 0.15) is 31.2 Å². The van der Waals surface area contributed by atoms with Crippen LogP contribution in [0.5, 0.6) is 5.75 Å². The lowest BCUT2D eigenvalue weighted by molar-refractivity contribution is -0.120. The quantitative estimate of drug-likeness (QED) is 0.627. The fourth-order valence-corrected chi connectivity index (χ4v) is 2.86. The second kappa shape index (κ2) is 8.52. The van der Waals surface area contributed by atoms with Crippen molar-refractivity contribution in [3.63, 3.8) is 0 Å². The zero-order valence-corrected chi connectivity index (χ0v) is 15.4. The third-order valence-corrected chi connectivity index (χ3v) is 4.31. The molecule has 3 rings (SSSR count). The Labute approximate surface area is 154 Å². The molecule has 3 aromatic rings. The van der Waals surface area contributed by atoms with Crippen LogP contribution in [0.3, 0.4) is 0 Å². The third-order valence-electron chi connectivity index (χ3n) is 4.31. The molecule has 0 spiro atoms. The van der Waals surface area contributed by atoms with Crippen LogP contribution in [0.4, 0.5) is 0 Å². The van der Waals surface area contributed by atoms with Gasteiger partial charge in [0.25, 0.3) is 0 Å². The molecule has 0 aliphatic heterocycles. The Balaban J connectivity index is 1.65. The van der Waals surface area contributed by atoms with E-state index in [0.717, 1.165) is 35.6 Å². The Morgan fingerprint density at radius 3 is 2.69 bits per heavy atom. The molecular weight excluding hydrogens is 326 g/mol. The Bertz CT molecular complexity index is 869. The maximum Gasteiger partial charge on any atom is 0.220 e. The lowest BCUT2D eigenvalue weighted by Gasteiger charge is -2.11. The summed E-state index contributed by atoms with van der Waals surface area (Å²) in [4.78, 5) is 16.3. The maximum absolute atomic E-state index is 11.6. The van der Waals surface area contributed by atoms with E-state index >= 15 is 0 Å². The molecule has 2 aromatic carbocycles. The van der Waals surface area contributed by atoms with Gasteiger partial charge in [-0.25, -0.2) is 4.98 Å². The third kappa shape index (κ3) is 4.42. The van der Waals surface area contributed by atoms with Gasteiger partial charge >= 0.3 is 0 Å². The van der Waals surface area contributed by atoms with Gasteiger partial charge in [-0.15, -0.1) is 0 Å². The molecule has 136 valence electrons. The zero-order valence-electron chi connectivity index (χ0n) is 15.4. The number of carbonyl (C=O) groups is 1. The van der Waals surface area contributed by atoms with Gasteiger partial charge in [0.2, 0.25) is 5.91 Å². The lowest BCUT2D eigenvalue weighted by atomic mass is 10.2. The molecule has 0 saturated heterocycles. The van der Waals surface area contributed by atoms with Crippen molar-refractivity contribution in [1.82, 2.24) is 14.9 Å². The minimum atomic E-state index is 0.0336. The van der Waals surface area contributed by atoms with E-state index in [1.165, 1.54) is 5.56 Å². The molecule has 26 heavy (non-hydrogen) atoms. The topological polar surface area (TPSA) is 56.2 Å². The summed E-state index contributed by atoms with van der Waals surface area (Å²) >= 11 is 0. The molecule has 0 radical (unpaired) electrons. The second-order valence-corrected chi connectivity index (χ2v) is 6.31. The van der Waals surface area contributed by atoms with Crippen LogP contribution in [0, 0.1) is 6.92 Å². The molecule has 1 amide bonds. The summed E-state index contributed by atoms with van der Waals surface area (Å²) in [5.74, 6) is 1.80. The van der Waals surface area contributed by atoms with Gasteiger partial charge in [0, 0.05) is 13.0 Å². The van der Waals surface area contributed by atoms with Gasteiger partial charge in [0.05, 0.1) is 24.2 Å². The minimum absolute atomic E-state index is 0.0336. The summed E-state index contributed by atoms with van der Waals surface area (Å²) in [6.07, 6.45) is 1.34. The normalized spacial score (nSPS) is 10.8. The number of benzene rings is 2. The van der Waals surface area contributed by atoms with Gasteiger partial charge in [0.15, 0.2) is 0 Å². The number of hydrogen-bond acceptors (Lipinski definition) is 3. The van der Waals surface area contributed by atoms with Crippen molar-refractivity contribution in [3.05, 3.63) is 59.9 Å². The average molecular weight is 351 g/mol. The highest BCUT2D eigenvalue weighted by atomic mass is 16.5. The van der Waals surface area contributed by atoms with Crippen LogP contribution in [-0.4, -0.2) is 22.1 Å². The van der Waals surface area contributed by atoms with E-state index in [4.69, 9.17) is 4.74 Å². The highest BCUT2D eigenvalue weighted by Crippen LogP contribution is 2.17. The first-order chi connectivity index (χ1) is 12.7. The molecule has 0 saturated carbocycles. The van der Waals surface area contributed by atoms with Crippen molar-refractivity contribution in [1.29, 1.82) is 0 Å². The highest BCUT2D eigenvalue weighted by molar-refractivity contribution is 5.77. The van der Waals surface area contributed by atoms with Crippen LogP contribution in [0.25, 0.3) is 11.0 Å². The molecule has 0 atom stereocenters. The van der Waals surface area contributed by atoms with E-state index in [-0.39, 0.29) is 5.91 Å². The second-order valence-electron chi connectivity index (χ2n) is 6.31. The van der Waals surface area contributed by atoms with Crippen molar-refractivity contribution < 1.29 is 9.53 Å². The molecule has 1 aromatic heterocycles. The maximum atomic E-state index is 11.6. The van der Waals surface area contributed by atoms with Crippen molar-refractivity contribution in [3.8, 4) is 5.75 Å². The highest BCUT2D eigenvalue weighted by Gasteiger charge is 2.11. The summed E-state index contributed by atoms with van der Waals surface area (Å²) < 4.78 is 7.99. The minimum Gasteiger partial charge on any atom is -0.494 e. The van der Waals surface area contributed by atoms with Crippen LogP contribution in [0.15, 0.2) is 48.5 Å². The van der Waals surface area contributed by atoms with Gasteiger partial charge in [-0.1, -0.05) is 36.8 Å². The SMILES string of the molecule is CCC(=O)NCc1nc2ccccc2n1CCCOc1ccc(C)cc1. The van der Waals surface area contributed by atoms with Crippen LogP contribution >= 0.6 is 0 Å². The molecule has 0 fully saturated rings. The molecule has 0 aliphatic carbocycles. The van der Waals surface area contributed by atoms with E-state index in [9.17, 15) is 4.79 Å². The molecule has 5 nitrogen and oxygen atoms in total. The van der Waals surface area contributed by atoms with Crippen molar-refractivity contribution in [2.75, 3.05) is 6.61 Å². The Morgan fingerprint density at radius 1 is 1.15 bits per heavy atom. The molecule has 0 aliphatic rings. The first kappa shape index (κ1) is 18.0. The first-order valence-electron chi connectivity index (χ1n) is 9.07. The molecule has 5 heteroatoms. The number of hydrogen-bond donors (Lipinski definition) is 1. The monoisotopic (exact) mass is 351 g/mol. The number of aryl methyl sites for hydroxylation is 2. The summed E-state index contributed by atoms with van der Waals surface area (Å²) in [5.41, 5.74) is 3.26. The fourth-order valence-electron chi connectivity index (χ4n) is 2.86. The number of fused-ring (bicyclic) bond motifs is 1. The number of ether oxygens (including phenoxy) is 1. The largest absolute Gasteiger partial charge is 0.494 e. The average Bonchev–Trinajstić information content (AvgIpc) is 3.02. The Kier molecular flexibility index (Phi) is 5.89. The van der Waals surface area contributed by atoms with Crippen LogP contribution in [-0.2, 0) is 17.9 Å². The smallest absolute Gasteiger partial charge is 0.220 e. The Morgan fingerprint density at radius 2 is 1.92 bits per heavy atom. The predicted molar refractivity (Wildman–Crippen MR) is 103 cm³/mol. The number of nitrogens with zero attached hydrogens (tertiary/aromatic N) is 2. The molecule has 1 N–H and O–H groups in total. The van der Waals surface area contributed by atoms with Gasteiger partial charge in [-0.2, -0.15) is 0 Å². The predicted octanol–water partition coefficient (Wildman–Crippen LogP) is 3.84.